The zero-order chi connectivity index (χ0) is 35.3. The molecule has 2 nitrogen and oxygen atoms in total. The first-order chi connectivity index (χ1) is 26.8. The van der Waals surface area contributed by atoms with Crippen LogP contribution in [0.25, 0.3) is 88.4 Å². The molecule has 0 atom stereocenters. The average molecular weight is 689 g/mol. The van der Waals surface area contributed by atoms with Gasteiger partial charge in [-0.05, 0) is 142 Å². The van der Waals surface area contributed by atoms with Crippen LogP contribution in [-0.4, -0.2) is 9.13 Å². The first-order valence-electron chi connectivity index (χ1n) is 19.3. The molecule has 0 unspecified atom stereocenters. The fraction of sp³-hybridized carbons (Fsp3) is 0.0769. The Kier molecular flexibility index (Phi) is 6.32. The van der Waals surface area contributed by atoms with Gasteiger partial charge >= 0.3 is 0 Å². The molecular formula is C52H36N2. The molecule has 0 N–H and O–H groups in total. The summed E-state index contributed by atoms with van der Waals surface area (Å²) < 4.78 is 5.11. The molecule has 0 saturated heterocycles. The Morgan fingerprint density at radius 1 is 0.315 bits per heavy atom. The smallest absolute Gasteiger partial charge is 0.0579 e. The lowest BCUT2D eigenvalue weighted by atomic mass is 9.74. The maximum atomic E-state index is 2.56. The summed E-state index contributed by atoms with van der Waals surface area (Å²) in [7, 11) is 0. The molecule has 0 saturated carbocycles. The molecule has 10 aromatic rings. The standard InChI is InChI=1S/C52H36N2/c1-5-13-33(14-6-1)35-23-27-47-43(29-35)45-31-37-21-26-42-50-38(22-25-41(49(37)50)51(45)53(47)39-17-9-3-10-18-39)32-46-44-30-36(34-15-7-2-8-16-34)24-28-48(44)54(52(42)46)40-19-11-4-12-20-40/h1-20,23-24,27-32H,21-22,25-26H2. The van der Waals surface area contributed by atoms with Crippen molar-refractivity contribution >= 4 is 43.6 Å². The molecule has 2 aliphatic rings. The van der Waals surface area contributed by atoms with Gasteiger partial charge in [0.2, 0.25) is 0 Å². The molecule has 0 fully saturated rings. The zero-order valence-electron chi connectivity index (χ0n) is 29.9. The zero-order valence-corrected chi connectivity index (χ0v) is 29.9. The van der Waals surface area contributed by atoms with Gasteiger partial charge in [-0.2, -0.15) is 0 Å². The quantitative estimate of drug-likeness (QED) is 0.174. The highest BCUT2D eigenvalue weighted by Gasteiger charge is 2.33. The van der Waals surface area contributed by atoms with Crippen LogP contribution in [-0.2, 0) is 25.7 Å². The molecule has 2 heteroatoms. The van der Waals surface area contributed by atoms with Crippen LogP contribution in [0.15, 0.2) is 170 Å². The Balaban J connectivity index is 1.17. The monoisotopic (exact) mass is 688 g/mol. The summed E-state index contributed by atoms with van der Waals surface area (Å²) in [5.74, 6) is 0. The lowest BCUT2D eigenvalue weighted by molar-refractivity contribution is 0.883. The Morgan fingerprint density at radius 3 is 1.11 bits per heavy atom. The number of hydrogen-bond acceptors (Lipinski definition) is 0. The Labute approximate surface area is 314 Å². The number of aryl methyl sites for hydroxylation is 4. The van der Waals surface area contributed by atoms with Gasteiger partial charge in [0.15, 0.2) is 0 Å². The highest BCUT2D eigenvalue weighted by molar-refractivity contribution is 6.17. The minimum absolute atomic E-state index is 1.03. The summed E-state index contributed by atoms with van der Waals surface area (Å²) in [6.07, 6.45) is 4.12. The van der Waals surface area contributed by atoms with E-state index in [9.17, 15) is 0 Å². The van der Waals surface area contributed by atoms with Crippen molar-refractivity contribution in [2.45, 2.75) is 25.7 Å². The molecule has 0 amide bonds. The second-order valence-electron chi connectivity index (χ2n) is 15.1. The number of para-hydroxylation sites is 2. The van der Waals surface area contributed by atoms with Gasteiger partial charge in [0.05, 0.1) is 22.1 Å². The number of aromatic nitrogens is 2. The maximum absolute atomic E-state index is 2.56. The number of benzene rings is 8. The van der Waals surface area contributed by atoms with Gasteiger partial charge in [0.1, 0.15) is 0 Å². The highest BCUT2D eigenvalue weighted by atomic mass is 15.0. The van der Waals surface area contributed by atoms with E-state index in [-0.39, 0.29) is 0 Å². The second-order valence-corrected chi connectivity index (χ2v) is 15.1. The van der Waals surface area contributed by atoms with Gasteiger partial charge < -0.3 is 9.13 Å². The van der Waals surface area contributed by atoms with Crippen molar-refractivity contribution in [2.75, 3.05) is 0 Å². The highest BCUT2D eigenvalue weighted by Crippen LogP contribution is 2.51. The van der Waals surface area contributed by atoms with Crippen molar-refractivity contribution in [1.82, 2.24) is 9.13 Å². The third-order valence-corrected chi connectivity index (χ3v) is 12.2. The molecule has 54 heavy (non-hydrogen) atoms. The predicted octanol–water partition coefficient (Wildman–Crippen LogP) is 13.1. The molecule has 0 radical (unpaired) electrons. The van der Waals surface area contributed by atoms with Gasteiger partial charge in [-0.3, -0.25) is 0 Å². The molecule has 254 valence electrons. The van der Waals surface area contributed by atoms with E-state index in [1.807, 2.05) is 0 Å². The summed E-state index contributed by atoms with van der Waals surface area (Å²) in [6.45, 7) is 0. The summed E-state index contributed by atoms with van der Waals surface area (Å²) in [5.41, 5.74) is 21.8. The van der Waals surface area contributed by atoms with Crippen molar-refractivity contribution in [3.05, 3.63) is 192 Å². The minimum atomic E-state index is 1.03. The first kappa shape index (κ1) is 29.9. The number of hydrogen-bond donors (Lipinski definition) is 0. The summed E-state index contributed by atoms with van der Waals surface area (Å²) >= 11 is 0. The van der Waals surface area contributed by atoms with E-state index in [2.05, 4.69) is 179 Å². The Morgan fingerprint density at radius 2 is 0.704 bits per heavy atom. The molecule has 2 aromatic heterocycles. The predicted molar refractivity (Wildman–Crippen MR) is 226 cm³/mol. The number of rotatable bonds is 4. The van der Waals surface area contributed by atoms with Crippen molar-refractivity contribution in [3.63, 3.8) is 0 Å². The van der Waals surface area contributed by atoms with E-state index in [4.69, 9.17) is 0 Å². The molecule has 2 aliphatic carbocycles. The van der Waals surface area contributed by atoms with E-state index >= 15 is 0 Å². The van der Waals surface area contributed by atoms with Crippen molar-refractivity contribution in [2.24, 2.45) is 0 Å². The number of nitrogens with zero attached hydrogens (tertiary/aromatic N) is 2. The summed E-state index contributed by atoms with van der Waals surface area (Å²) in [5, 5.41) is 5.42. The van der Waals surface area contributed by atoms with Crippen LogP contribution in [0.4, 0.5) is 0 Å². The minimum Gasteiger partial charge on any atom is -0.309 e. The lowest BCUT2D eigenvalue weighted by Gasteiger charge is -2.31. The topological polar surface area (TPSA) is 9.86 Å². The third kappa shape index (κ3) is 4.22. The summed E-state index contributed by atoms with van der Waals surface area (Å²) in [4.78, 5) is 0. The van der Waals surface area contributed by atoms with Gasteiger partial charge in [0, 0.05) is 32.9 Å². The normalized spacial score (nSPS) is 13.3. The van der Waals surface area contributed by atoms with E-state index in [0.717, 1.165) is 25.7 Å². The van der Waals surface area contributed by atoms with Crippen LogP contribution in [0.2, 0.25) is 0 Å². The van der Waals surface area contributed by atoms with Gasteiger partial charge in [0.25, 0.3) is 0 Å². The largest absolute Gasteiger partial charge is 0.309 e. The fourth-order valence-corrected chi connectivity index (χ4v) is 9.97. The first-order valence-corrected chi connectivity index (χ1v) is 19.3. The maximum Gasteiger partial charge on any atom is 0.0579 e. The van der Waals surface area contributed by atoms with Crippen LogP contribution in [0, 0.1) is 0 Å². The Hall–Kier alpha value is -6.64. The van der Waals surface area contributed by atoms with Gasteiger partial charge in [-0.1, -0.05) is 109 Å². The van der Waals surface area contributed by atoms with Crippen LogP contribution in [0.5, 0.6) is 0 Å². The molecule has 8 aromatic carbocycles. The SMILES string of the molecule is c1ccc(-c2ccc3c(c2)c2cc4c5c(c2n3-c2ccccc2)CCc2cc3c6cc(-c7ccccc7)ccc6n(-c6ccccc6)c3c(c2-5)CC4)cc1. The lowest BCUT2D eigenvalue weighted by Crippen LogP contribution is -2.16. The van der Waals surface area contributed by atoms with Crippen molar-refractivity contribution in [3.8, 4) is 44.8 Å². The third-order valence-electron chi connectivity index (χ3n) is 12.2. The molecular weight excluding hydrogens is 653 g/mol. The second kappa shape index (κ2) is 11.4. The van der Waals surface area contributed by atoms with Crippen LogP contribution >= 0.6 is 0 Å². The van der Waals surface area contributed by atoms with E-state index in [1.54, 1.807) is 0 Å². The van der Waals surface area contributed by atoms with E-state index < -0.39 is 0 Å². The molecule has 0 aliphatic heterocycles. The van der Waals surface area contributed by atoms with Crippen LogP contribution in [0.3, 0.4) is 0 Å². The van der Waals surface area contributed by atoms with Gasteiger partial charge in [-0.25, -0.2) is 0 Å². The Bertz CT molecular complexity index is 2900. The summed E-state index contributed by atoms with van der Waals surface area (Å²) in [6, 6.07) is 62.9. The van der Waals surface area contributed by atoms with E-state index in [1.165, 1.54) is 111 Å². The van der Waals surface area contributed by atoms with Crippen LogP contribution < -0.4 is 0 Å². The van der Waals surface area contributed by atoms with Gasteiger partial charge in [-0.15, -0.1) is 0 Å². The van der Waals surface area contributed by atoms with E-state index in [0.29, 0.717) is 0 Å². The molecule has 12 rings (SSSR count). The molecule has 0 bridgehead atoms. The van der Waals surface area contributed by atoms with Crippen LogP contribution in [0.1, 0.15) is 22.3 Å². The molecule has 0 spiro atoms. The number of fused-ring (bicyclic) bond motifs is 8. The molecule has 2 heterocycles. The van der Waals surface area contributed by atoms with Crippen molar-refractivity contribution < 1.29 is 0 Å². The average Bonchev–Trinajstić information content (AvgIpc) is 3.75. The fourth-order valence-electron chi connectivity index (χ4n) is 9.97. The van der Waals surface area contributed by atoms with Crippen molar-refractivity contribution in [1.29, 1.82) is 0 Å².